The molecular formula is C5H8NO2-. The van der Waals surface area contributed by atoms with Crippen LogP contribution < -0.4 is 0 Å². The third kappa shape index (κ3) is 0.632. The van der Waals surface area contributed by atoms with Crippen molar-refractivity contribution < 1.29 is 4.84 Å². The van der Waals surface area contributed by atoms with Gasteiger partial charge < -0.3 is 10.0 Å². The van der Waals surface area contributed by atoms with Gasteiger partial charge in [0.15, 0.2) is 0 Å². The van der Waals surface area contributed by atoms with Gasteiger partial charge in [-0.25, -0.2) is 0 Å². The summed E-state index contributed by atoms with van der Waals surface area (Å²) in [6, 6.07) is 0. The Bertz CT molecular complexity index is 96.6. The minimum atomic E-state index is 0.285. The van der Waals surface area contributed by atoms with Gasteiger partial charge >= 0.3 is 0 Å². The molecule has 3 heteroatoms. The maximum absolute atomic E-state index is 10.1. The molecule has 0 amide bonds. The number of nitrogens with zero attached hydrogens (tertiary/aromatic N) is 1. The highest BCUT2D eigenvalue weighted by Gasteiger charge is 2.37. The molecule has 3 nitrogen and oxygen atoms in total. The summed E-state index contributed by atoms with van der Waals surface area (Å²) < 4.78 is 0. The summed E-state index contributed by atoms with van der Waals surface area (Å²) >= 11 is 0. The maximum Gasteiger partial charge on any atom is 0.0948 e. The lowest BCUT2D eigenvalue weighted by Gasteiger charge is -2.43. The van der Waals surface area contributed by atoms with Gasteiger partial charge in [0.2, 0.25) is 0 Å². The standard InChI is InChI=1S/C5H8NO2/c7-6-3-5(8-6)4-1-2-4/h4-5H,1-3H2/q-1. The van der Waals surface area contributed by atoms with Gasteiger partial charge in [-0.15, -0.1) is 0 Å². The molecule has 8 heavy (non-hydrogen) atoms. The zero-order chi connectivity index (χ0) is 5.56. The molecule has 1 saturated heterocycles. The molecule has 1 unspecified atom stereocenters. The first-order valence-electron chi connectivity index (χ1n) is 2.98. The second-order valence-corrected chi connectivity index (χ2v) is 2.50. The predicted molar refractivity (Wildman–Crippen MR) is 27.7 cm³/mol. The molecule has 2 aliphatic rings. The van der Waals surface area contributed by atoms with Crippen LogP contribution in [-0.4, -0.2) is 17.9 Å². The molecule has 1 aliphatic heterocycles. The molecular weight excluding hydrogens is 106 g/mol. The van der Waals surface area contributed by atoms with Gasteiger partial charge in [0.25, 0.3) is 0 Å². The van der Waals surface area contributed by atoms with Gasteiger partial charge in [0.05, 0.1) is 6.10 Å². The normalized spacial score (nSPS) is 39.4. The topological polar surface area (TPSA) is 35.5 Å². The molecule has 1 aliphatic carbocycles. The van der Waals surface area contributed by atoms with Crippen molar-refractivity contribution in [3.05, 3.63) is 5.21 Å². The van der Waals surface area contributed by atoms with E-state index < -0.39 is 0 Å². The molecule has 0 bridgehead atoms. The van der Waals surface area contributed by atoms with E-state index in [2.05, 4.69) is 0 Å². The third-order valence-electron chi connectivity index (χ3n) is 1.73. The van der Waals surface area contributed by atoms with Crippen LogP contribution in [0.25, 0.3) is 0 Å². The Morgan fingerprint density at radius 3 is 2.50 bits per heavy atom. The second kappa shape index (κ2) is 1.43. The van der Waals surface area contributed by atoms with E-state index >= 15 is 0 Å². The SMILES string of the molecule is [O-]N1CC(C2CC2)O1. The lowest BCUT2D eigenvalue weighted by molar-refractivity contribution is -0.272. The largest absolute Gasteiger partial charge is 0.762 e. The molecule has 1 heterocycles. The summed E-state index contributed by atoms with van der Waals surface area (Å²) in [7, 11) is 0. The van der Waals surface area contributed by atoms with E-state index in [1.165, 1.54) is 12.8 Å². The zero-order valence-electron chi connectivity index (χ0n) is 4.54. The summed E-state index contributed by atoms with van der Waals surface area (Å²) in [6.07, 6.45) is 2.81. The fourth-order valence-corrected chi connectivity index (χ4v) is 0.992. The molecule has 2 fully saturated rings. The van der Waals surface area contributed by atoms with Gasteiger partial charge in [0.1, 0.15) is 0 Å². The summed E-state index contributed by atoms with van der Waals surface area (Å²) in [5, 5.41) is 10.8. The van der Waals surface area contributed by atoms with Crippen LogP contribution in [0.3, 0.4) is 0 Å². The van der Waals surface area contributed by atoms with Gasteiger partial charge in [-0.1, -0.05) is 0 Å². The van der Waals surface area contributed by atoms with Gasteiger partial charge in [-0.05, 0) is 18.8 Å². The van der Waals surface area contributed by atoms with Crippen molar-refractivity contribution in [2.75, 3.05) is 6.54 Å². The van der Waals surface area contributed by atoms with Crippen LogP contribution in [0.4, 0.5) is 0 Å². The first-order valence-corrected chi connectivity index (χ1v) is 2.98. The van der Waals surface area contributed by atoms with Crippen molar-refractivity contribution in [2.24, 2.45) is 5.92 Å². The van der Waals surface area contributed by atoms with Crippen molar-refractivity contribution in [2.45, 2.75) is 18.9 Å². The Morgan fingerprint density at radius 1 is 1.50 bits per heavy atom. The highest BCUT2D eigenvalue weighted by molar-refractivity contribution is 4.86. The summed E-state index contributed by atoms with van der Waals surface area (Å²) in [5.74, 6) is 0.722. The highest BCUT2D eigenvalue weighted by Crippen LogP contribution is 2.38. The average molecular weight is 114 g/mol. The van der Waals surface area contributed by atoms with E-state index in [0.29, 0.717) is 11.8 Å². The molecule has 0 aromatic heterocycles. The van der Waals surface area contributed by atoms with Crippen molar-refractivity contribution in [3.8, 4) is 0 Å². The number of hydrogen-bond acceptors (Lipinski definition) is 3. The van der Waals surface area contributed by atoms with Crippen molar-refractivity contribution in [1.29, 1.82) is 0 Å². The van der Waals surface area contributed by atoms with E-state index in [-0.39, 0.29) is 6.10 Å². The second-order valence-electron chi connectivity index (χ2n) is 2.50. The molecule has 0 radical (unpaired) electrons. The van der Waals surface area contributed by atoms with Crippen LogP contribution in [0.15, 0.2) is 0 Å². The lowest BCUT2D eigenvalue weighted by atomic mass is 10.2. The molecule has 46 valence electrons. The zero-order valence-corrected chi connectivity index (χ0v) is 4.54. The Kier molecular flexibility index (Phi) is 0.848. The summed E-state index contributed by atoms with van der Waals surface area (Å²) in [6.45, 7) is 0.602. The highest BCUT2D eigenvalue weighted by atomic mass is 16.9. The molecule has 0 N–H and O–H groups in total. The number of hydroxylamine groups is 2. The van der Waals surface area contributed by atoms with Crippen LogP contribution in [0.5, 0.6) is 0 Å². The van der Waals surface area contributed by atoms with Crippen LogP contribution in [-0.2, 0) is 4.84 Å². The van der Waals surface area contributed by atoms with Gasteiger partial charge in [-0.2, -0.15) is 0 Å². The van der Waals surface area contributed by atoms with Crippen molar-refractivity contribution >= 4 is 0 Å². The van der Waals surface area contributed by atoms with Crippen molar-refractivity contribution in [1.82, 2.24) is 5.23 Å². The lowest BCUT2D eigenvalue weighted by Crippen LogP contribution is -2.45. The van der Waals surface area contributed by atoms with E-state index in [0.717, 1.165) is 5.92 Å². The predicted octanol–water partition coefficient (Wildman–Crippen LogP) is 0.510. The fourth-order valence-electron chi connectivity index (χ4n) is 0.992. The Labute approximate surface area is 47.8 Å². The monoisotopic (exact) mass is 114 g/mol. The van der Waals surface area contributed by atoms with E-state index in [1.807, 2.05) is 0 Å². The molecule has 1 saturated carbocycles. The van der Waals surface area contributed by atoms with Crippen LogP contribution in [0.2, 0.25) is 0 Å². The average Bonchev–Trinajstić information content (AvgIpc) is 2.37. The molecule has 0 aromatic carbocycles. The third-order valence-corrected chi connectivity index (χ3v) is 1.73. The first-order chi connectivity index (χ1) is 3.86. The van der Waals surface area contributed by atoms with Crippen LogP contribution >= 0.6 is 0 Å². The minimum Gasteiger partial charge on any atom is -0.762 e. The first kappa shape index (κ1) is 4.73. The Morgan fingerprint density at radius 2 is 2.12 bits per heavy atom. The van der Waals surface area contributed by atoms with Crippen LogP contribution in [0.1, 0.15) is 12.8 Å². The Hall–Kier alpha value is -0.120. The minimum absolute atomic E-state index is 0.285. The van der Waals surface area contributed by atoms with E-state index in [1.54, 1.807) is 0 Å². The smallest absolute Gasteiger partial charge is 0.0948 e. The molecule has 2 rings (SSSR count). The molecule has 0 aromatic rings. The van der Waals surface area contributed by atoms with E-state index in [4.69, 9.17) is 4.84 Å². The van der Waals surface area contributed by atoms with E-state index in [9.17, 15) is 5.21 Å². The van der Waals surface area contributed by atoms with Gasteiger partial charge in [-0.3, -0.25) is 5.23 Å². The summed E-state index contributed by atoms with van der Waals surface area (Å²) in [4.78, 5) is 4.74. The summed E-state index contributed by atoms with van der Waals surface area (Å²) in [5.41, 5.74) is 0. The van der Waals surface area contributed by atoms with Crippen LogP contribution in [0, 0.1) is 11.1 Å². The number of rotatable bonds is 1. The molecule has 0 spiro atoms. The van der Waals surface area contributed by atoms with Crippen molar-refractivity contribution in [3.63, 3.8) is 0 Å². The number of hydrogen-bond donors (Lipinski definition) is 0. The maximum atomic E-state index is 10.1. The Balaban J connectivity index is 1.78. The van der Waals surface area contributed by atoms with Gasteiger partial charge in [0, 0.05) is 6.54 Å². The molecule has 1 atom stereocenters. The quantitative estimate of drug-likeness (QED) is 0.498. The fraction of sp³-hybridized carbons (Fsp3) is 1.00.